The lowest BCUT2D eigenvalue weighted by Crippen LogP contribution is -2.80. The van der Waals surface area contributed by atoms with Gasteiger partial charge in [0.05, 0.1) is 0 Å². The Morgan fingerprint density at radius 2 is 0.857 bits per heavy atom. The fourth-order valence-corrected chi connectivity index (χ4v) is 34.1. The van der Waals surface area contributed by atoms with E-state index >= 15 is 0 Å². The normalized spacial score (nSPS) is 13.2. The second kappa shape index (κ2) is 5.71. The van der Waals surface area contributed by atoms with Gasteiger partial charge in [0.15, 0.2) is 0 Å². The van der Waals surface area contributed by atoms with Crippen molar-refractivity contribution in [2.24, 2.45) is 0 Å². The summed E-state index contributed by atoms with van der Waals surface area (Å²) in [6.07, 6.45) is 0. The lowest BCUT2D eigenvalue weighted by Gasteiger charge is -2.49. The molecule has 0 aliphatic rings. The van der Waals surface area contributed by atoms with E-state index in [0.717, 1.165) is 0 Å². The van der Waals surface area contributed by atoms with Gasteiger partial charge in [-0.3, -0.25) is 0 Å². The topological polar surface area (TPSA) is 0 Å². The first-order chi connectivity index (χ1) is 9.71. The molecule has 0 unspecified atom stereocenters. The highest BCUT2D eigenvalue weighted by atomic mass is 29.6. The molecule has 0 fully saturated rings. The van der Waals surface area contributed by atoms with Gasteiger partial charge in [-0.1, -0.05) is 110 Å². The van der Waals surface area contributed by atoms with Gasteiger partial charge < -0.3 is 0 Å². The third-order valence-corrected chi connectivity index (χ3v) is 46.8. The van der Waals surface area contributed by atoms with E-state index in [0.29, 0.717) is 0 Å². The Kier molecular flexibility index (Phi) is 4.47. The Morgan fingerprint density at radius 1 is 0.524 bits per heavy atom. The molecule has 2 aromatic carbocycles. The molecule has 0 N–H and O–H groups in total. The summed E-state index contributed by atoms with van der Waals surface area (Å²) in [7, 11) is -4.21. The van der Waals surface area contributed by atoms with Gasteiger partial charge in [-0.15, -0.1) is 0 Å². The van der Waals surface area contributed by atoms with Crippen LogP contribution in [-0.4, -0.2) is 22.3 Å². The summed E-state index contributed by atoms with van der Waals surface area (Å²) in [5.41, 5.74) is 0. The van der Waals surface area contributed by atoms with Crippen molar-refractivity contribution in [3.8, 4) is 0 Å². The van der Waals surface area contributed by atoms with Gasteiger partial charge in [-0.05, 0) is 0 Å². The summed E-state index contributed by atoms with van der Waals surface area (Å²) in [4.78, 5) is 0. The van der Waals surface area contributed by atoms with E-state index in [1.807, 2.05) is 0 Å². The number of hydrogen-bond acceptors (Lipinski definition) is 0. The van der Waals surface area contributed by atoms with Crippen LogP contribution in [0.2, 0.25) is 39.3 Å². The smallest absolute Gasteiger partial charge is 0.0725 e. The van der Waals surface area contributed by atoms with Crippen LogP contribution in [-0.2, 0) is 0 Å². The molecule has 112 valence electrons. The SMILES string of the molecule is C[Si](C)(C)[Si](C)(C)[Si](C)(c1ccccc1)c1ccccc1. The molecule has 0 saturated heterocycles. The average Bonchev–Trinajstić information content (AvgIpc) is 2.47. The Bertz CT molecular complexity index is 543. The molecule has 2 aromatic rings. The van der Waals surface area contributed by atoms with Crippen LogP contribution in [0.4, 0.5) is 0 Å². The van der Waals surface area contributed by atoms with Gasteiger partial charge in [-0.2, -0.15) is 0 Å². The molecule has 0 spiro atoms. The molecule has 21 heavy (non-hydrogen) atoms. The van der Waals surface area contributed by atoms with E-state index in [1.54, 1.807) is 10.4 Å². The zero-order valence-electron chi connectivity index (χ0n) is 14.3. The first-order valence-electron chi connectivity index (χ1n) is 7.82. The minimum atomic E-state index is -1.66. The second-order valence-electron chi connectivity index (χ2n) is 7.73. The zero-order chi connectivity index (χ0) is 15.7. The molecule has 0 amide bonds. The number of benzene rings is 2. The summed E-state index contributed by atoms with van der Waals surface area (Å²) >= 11 is 0. The predicted octanol–water partition coefficient (Wildman–Crippen LogP) is 4.08. The Hall–Kier alpha value is -0.909. The maximum atomic E-state index is 2.66. The van der Waals surface area contributed by atoms with Gasteiger partial charge in [0, 0.05) is 14.7 Å². The highest BCUT2D eigenvalue weighted by molar-refractivity contribution is 7.73. The van der Waals surface area contributed by atoms with Crippen molar-refractivity contribution in [2.45, 2.75) is 39.3 Å². The highest BCUT2D eigenvalue weighted by Gasteiger charge is 2.54. The van der Waals surface area contributed by atoms with Crippen LogP contribution in [0.15, 0.2) is 60.7 Å². The molecule has 3 heteroatoms. The van der Waals surface area contributed by atoms with Gasteiger partial charge in [0.1, 0.15) is 7.59 Å². The molecule has 0 bridgehead atoms. The van der Waals surface area contributed by atoms with Crippen molar-refractivity contribution < 1.29 is 0 Å². The monoisotopic (exact) mass is 328 g/mol. The van der Waals surface area contributed by atoms with Crippen molar-refractivity contribution in [1.82, 2.24) is 0 Å². The Labute approximate surface area is 132 Å². The van der Waals surface area contributed by atoms with Crippen LogP contribution in [0.5, 0.6) is 0 Å². The van der Waals surface area contributed by atoms with E-state index < -0.39 is 22.3 Å². The molecule has 2 rings (SSSR count). The molecule has 0 aliphatic heterocycles. The van der Waals surface area contributed by atoms with E-state index in [1.165, 1.54) is 0 Å². The minimum Gasteiger partial charge on any atom is -0.0725 e. The lowest BCUT2D eigenvalue weighted by atomic mass is 10.4. The second-order valence-corrected chi connectivity index (χ2v) is 35.4. The first-order valence-corrected chi connectivity index (χ1v) is 18.8. The molecule has 0 radical (unpaired) electrons. The third-order valence-electron chi connectivity index (χ3n) is 5.83. The standard InChI is InChI=1S/C18H28Si3/c1-19(2,3)20(4,5)21(6,17-13-9-7-10-14-17)18-15-11-8-12-16-18/h7-16H,1-6H3. The van der Waals surface area contributed by atoms with Gasteiger partial charge in [0.25, 0.3) is 0 Å². The Balaban J connectivity index is 2.73. The molecule has 0 atom stereocenters. The molecule has 0 heterocycles. The van der Waals surface area contributed by atoms with Crippen molar-refractivity contribution in [3.05, 3.63) is 60.7 Å². The molecule has 0 aromatic heterocycles. The van der Waals surface area contributed by atoms with Gasteiger partial charge >= 0.3 is 0 Å². The van der Waals surface area contributed by atoms with Crippen LogP contribution in [0.25, 0.3) is 0 Å². The fraction of sp³-hybridized carbons (Fsp3) is 0.333. The highest BCUT2D eigenvalue weighted by Crippen LogP contribution is 2.28. The predicted molar refractivity (Wildman–Crippen MR) is 105 cm³/mol. The summed E-state index contributed by atoms with van der Waals surface area (Å²) < 4.78 is 0. The summed E-state index contributed by atoms with van der Waals surface area (Å²) in [5, 5.41) is 3.24. The lowest BCUT2D eigenvalue weighted by molar-refractivity contribution is 1.68. The van der Waals surface area contributed by atoms with E-state index in [2.05, 4.69) is 99.9 Å². The van der Waals surface area contributed by atoms with Crippen LogP contribution < -0.4 is 10.4 Å². The van der Waals surface area contributed by atoms with Gasteiger partial charge in [-0.25, -0.2) is 0 Å². The number of rotatable bonds is 4. The van der Waals surface area contributed by atoms with Crippen molar-refractivity contribution in [1.29, 1.82) is 0 Å². The van der Waals surface area contributed by atoms with Crippen molar-refractivity contribution in [2.75, 3.05) is 0 Å². The van der Waals surface area contributed by atoms with Crippen molar-refractivity contribution in [3.63, 3.8) is 0 Å². The molecule has 0 saturated carbocycles. The molecule has 0 nitrogen and oxygen atoms in total. The summed E-state index contributed by atoms with van der Waals surface area (Å²) in [6, 6.07) is 22.7. The largest absolute Gasteiger partial charge is 0.105 e. The molecular weight excluding hydrogens is 300 g/mol. The van der Waals surface area contributed by atoms with Crippen molar-refractivity contribution >= 4 is 32.7 Å². The van der Waals surface area contributed by atoms with E-state index in [9.17, 15) is 0 Å². The van der Waals surface area contributed by atoms with Crippen LogP contribution >= 0.6 is 0 Å². The molecular formula is C18H28Si3. The molecule has 0 aliphatic carbocycles. The van der Waals surface area contributed by atoms with E-state index in [4.69, 9.17) is 0 Å². The average molecular weight is 329 g/mol. The number of hydrogen-bond donors (Lipinski definition) is 0. The minimum absolute atomic E-state index is 1.19. The maximum Gasteiger partial charge on any atom is 0.105 e. The third kappa shape index (κ3) is 2.74. The summed E-state index contributed by atoms with van der Waals surface area (Å²) in [5.74, 6) is 0. The van der Waals surface area contributed by atoms with Crippen LogP contribution in [0, 0.1) is 0 Å². The summed E-state index contributed by atoms with van der Waals surface area (Å²) in [6.45, 7) is 15.7. The van der Waals surface area contributed by atoms with Gasteiger partial charge in [0.2, 0.25) is 0 Å². The maximum absolute atomic E-state index is 2.66. The zero-order valence-corrected chi connectivity index (χ0v) is 17.3. The Morgan fingerprint density at radius 3 is 1.14 bits per heavy atom. The van der Waals surface area contributed by atoms with Crippen LogP contribution in [0.3, 0.4) is 0 Å². The quantitative estimate of drug-likeness (QED) is 0.742. The first kappa shape index (κ1) is 16.5. The fourth-order valence-electron chi connectivity index (χ4n) is 3.18. The van der Waals surface area contributed by atoms with Crippen LogP contribution in [0.1, 0.15) is 0 Å². The van der Waals surface area contributed by atoms with E-state index in [-0.39, 0.29) is 0 Å².